The minimum absolute atomic E-state index is 0.0689. The van der Waals surface area contributed by atoms with Crippen LogP contribution in [0.3, 0.4) is 0 Å². The van der Waals surface area contributed by atoms with Gasteiger partial charge in [0.25, 0.3) is 5.91 Å². The number of nitrogens with zero attached hydrogens (tertiary/aromatic N) is 7. The van der Waals surface area contributed by atoms with Gasteiger partial charge in [-0.3, -0.25) is 9.36 Å². The predicted molar refractivity (Wildman–Crippen MR) is 144 cm³/mol. The van der Waals surface area contributed by atoms with E-state index in [0.29, 0.717) is 41.6 Å². The minimum Gasteiger partial charge on any atom is -0.377 e. The molecule has 3 heterocycles. The average molecular weight is 590 g/mol. The Morgan fingerprint density at radius 2 is 1.83 bits per heavy atom. The van der Waals surface area contributed by atoms with Gasteiger partial charge in [0.15, 0.2) is 11.6 Å². The first-order chi connectivity index (χ1) is 19.4. The molecule has 2 aromatic heterocycles. The van der Waals surface area contributed by atoms with Gasteiger partial charge < -0.3 is 9.64 Å². The molecule has 0 aliphatic carbocycles. The highest BCUT2D eigenvalue weighted by molar-refractivity contribution is 6.30. The van der Waals surface area contributed by atoms with Crippen molar-refractivity contribution in [1.82, 2.24) is 34.0 Å². The van der Waals surface area contributed by atoms with Crippen LogP contribution in [-0.4, -0.2) is 71.4 Å². The Morgan fingerprint density at radius 1 is 1.10 bits per heavy atom. The molecule has 10 nitrogen and oxygen atoms in total. The fourth-order valence-electron chi connectivity index (χ4n) is 4.65. The minimum atomic E-state index is -4.46. The molecule has 4 aromatic rings. The highest BCUT2D eigenvalue weighted by Crippen LogP contribution is 2.25. The molecule has 1 amide bonds. The van der Waals surface area contributed by atoms with Crippen LogP contribution >= 0.6 is 11.6 Å². The lowest BCUT2D eigenvalue weighted by Gasteiger charge is -2.42. The van der Waals surface area contributed by atoms with E-state index >= 15 is 0 Å². The number of carbonyl (C=O) groups is 1. The third-order valence-electron chi connectivity index (χ3n) is 6.75. The molecule has 1 aliphatic heterocycles. The van der Waals surface area contributed by atoms with Crippen LogP contribution in [0.5, 0.6) is 0 Å². The van der Waals surface area contributed by atoms with Crippen LogP contribution in [0.1, 0.15) is 36.5 Å². The van der Waals surface area contributed by atoms with E-state index in [2.05, 4.69) is 15.2 Å². The van der Waals surface area contributed by atoms with E-state index in [0.717, 1.165) is 9.25 Å². The Hall–Kier alpha value is -3.97. The first-order valence-electron chi connectivity index (χ1n) is 12.8. The van der Waals surface area contributed by atoms with Crippen LogP contribution in [0.15, 0.2) is 59.7 Å². The highest BCUT2D eigenvalue weighted by atomic mass is 35.5. The number of hydrogen-bond acceptors (Lipinski definition) is 6. The van der Waals surface area contributed by atoms with Gasteiger partial charge in [0, 0.05) is 23.7 Å². The Morgan fingerprint density at radius 3 is 2.54 bits per heavy atom. The second-order valence-corrected chi connectivity index (χ2v) is 10.7. The standard InChI is InChI=1S/C27H27ClF3N7O3/c1-26(2)16-41-14-13-36(26)24(39)20-5-3-4-6-21(20)38-17-32-22(33-38)15-37-25(40)35(12-11-27(29,30)31)23(34-37)18-7-9-19(28)10-8-18/h3-10,17H,11-16H2,1-2H3. The Labute approximate surface area is 237 Å². The monoisotopic (exact) mass is 589 g/mol. The van der Waals surface area contributed by atoms with Gasteiger partial charge in [-0.15, -0.1) is 10.2 Å². The number of benzene rings is 2. The van der Waals surface area contributed by atoms with Gasteiger partial charge in [-0.1, -0.05) is 23.7 Å². The topological polar surface area (TPSA) is 100 Å². The summed E-state index contributed by atoms with van der Waals surface area (Å²) in [4.78, 5) is 32.7. The van der Waals surface area contributed by atoms with E-state index in [4.69, 9.17) is 16.3 Å². The molecule has 1 saturated heterocycles. The second-order valence-electron chi connectivity index (χ2n) is 10.2. The summed E-state index contributed by atoms with van der Waals surface area (Å²) in [7, 11) is 0. The van der Waals surface area contributed by atoms with Crippen molar-refractivity contribution in [2.24, 2.45) is 0 Å². The molecule has 41 heavy (non-hydrogen) atoms. The molecule has 0 N–H and O–H groups in total. The number of para-hydroxylation sites is 1. The van der Waals surface area contributed by atoms with Crippen LogP contribution < -0.4 is 5.69 Å². The van der Waals surface area contributed by atoms with Gasteiger partial charge in [-0.05, 0) is 50.2 Å². The lowest BCUT2D eigenvalue weighted by Crippen LogP contribution is -2.55. The number of rotatable bonds is 7. The van der Waals surface area contributed by atoms with Crippen molar-refractivity contribution in [2.75, 3.05) is 19.8 Å². The second kappa shape index (κ2) is 11.1. The number of carbonyl (C=O) groups excluding carboxylic acids is 1. The summed E-state index contributed by atoms with van der Waals surface area (Å²) in [5, 5.41) is 9.19. The largest absolute Gasteiger partial charge is 0.390 e. The fourth-order valence-corrected chi connectivity index (χ4v) is 4.78. The third kappa shape index (κ3) is 6.20. The maximum absolute atomic E-state index is 13.5. The lowest BCUT2D eigenvalue weighted by molar-refractivity contribution is -0.136. The van der Waals surface area contributed by atoms with Gasteiger partial charge in [-0.2, -0.15) is 13.2 Å². The van der Waals surface area contributed by atoms with Crippen molar-refractivity contribution in [3.05, 3.63) is 81.8 Å². The predicted octanol–water partition coefficient (Wildman–Crippen LogP) is 4.20. The summed E-state index contributed by atoms with van der Waals surface area (Å²) >= 11 is 5.95. The zero-order valence-corrected chi connectivity index (χ0v) is 23.1. The molecule has 216 valence electrons. The van der Waals surface area contributed by atoms with Crippen molar-refractivity contribution >= 4 is 17.5 Å². The molecule has 1 aliphatic rings. The fraction of sp³-hybridized carbons (Fsp3) is 0.370. The number of halogens is 4. The first kappa shape index (κ1) is 28.6. The third-order valence-corrected chi connectivity index (χ3v) is 7.00. The molecule has 1 fully saturated rings. The molecule has 14 heteroatoms. The van der Waals surface area contributed by atoms with Gasteiger partial charge in [0.05, 0.1) is 36.4 Å². The van der Waals surface area contributed by atoms with Gasteiger partial charge in [0.1, 0.15) is 12.9 Å². The molecule has 0 spiro atoms. The van der Waals surface area contributed by atoms with Gasteiger partial charge in [0.2, 0.25) is 0 Å². The molecule has 0 unspecified atom stereocenters. The van der Waals surface area contributed by atoms with E-state index in [1.165, 1.54) is 11.0 Å². The number of ether oxygens (including phenoxy) is 1. The highest BCUT2D eigenvalue weighted by Gasteiger charge is 2.35. The van der Waals surface area contributed by atoms with Crippen LogP contribution in [0.4, 0.5) is 13.2 Å². The molecular formula is C27H27ClF3N7O3. The number of alkyl halides is 3. The number of hydrogen-bond donors (Lipinski definition) is 0. The van der Waals surface area contributed by atoms with Crippen LogP contribution in [0.25, 0.3) is 17.1 Å². The maximum atomic E-state index is 13.5. The van der Waals surface area contributed by atoms with Crippen molar-refractivity contribution in [1.29, 1.82) is 0 Å². The summed E-state index contributed by atoms with van der Waals surface area (Å²) in [6.07, 6.45) is -4.24. The SMILES string of the molecule is CC1(C)COCCN1C(=O)c1ccccc1-n1cnc(Cn2nc(-c3ccc(Cl)cc3)n(CCC(F)(F)F)c2=O)n1. The zero-order valence-electron chi connectivity index (χ0n) is 22.3. The summed E-state index contributed by atoms with van der Waals surface area (Å²) in [5.41, 5.74) is 0.107. The zero-order chi connectivity index (χ0) is 29.4. The summed E-state index contributed by atoms with van der Waals surface area (Å²) < 4.78 is 48.0. The average Bonchev–Trinajstić information content (AvgIpc) is 3.51. The Bertz CT molecular complexity index is 1610. The van der Waals surface area contributed by atoms with Crippen molar-refractivity contribution in [3.8, 4) is 17.1 Å². The molecule has 2 aromatic carbocycles. The normalized spacial score (nSPS) is 15.3. The molecule has 0 atom stereocenters. The van der Waals surface area contributed by atoms with E-state index in [1.807, 2.05) is 13.8 Å². The first-order valence-corrected chi connectivity index (χ1v) is 13.2. The summed E-state index contributed by atoms with van der Waals surface area (Å²) in [6, 6.07) is 13.2. The molecule has 0 saturated carbocycles. The van der Waals surface area contributed by atoms with Crippen molar-refractivity contribution in [2.45, 2.75) is 45.1 Å². The molecule has 0 bridgehead atoms. The van der Waals surface area contributed by atoms with Gasteiger partial charge in [-0.25, -0.2) is 19.1 Å². The van der Waals surface area contributed by atoms with E-state index < -0.39 is 30.4 Å². The Balaban J connectivity index is 1.45. The van der Waals surface area contributed by atoms with Crippen LogP contribution in [-0.2, 0) is 17.8 Å². The van der Waals surface area contributed by atoms with Crippen LogP contribution in [0, 0.1) is 0 Å². The maximum Gasteiger partial charge on any atom is 0.390 e. The van der Waals surface area contributed by atoms with Gasteiger partial charge >= 0.3 is 11.9 Å². The quantitative estimate of drug-likeness (QED) is 0.320. The number of amides is 1. The lowest BCUT2D eigenvalue weighted by atomic mass is 10.0. The van der Waals surface area contributed by atoms with E-state index in [1.54, 1.807) is 53.4 Å². The number of aromatic nitrogens is 6. The Kier molecular flexibility index (Phi) is 7.75. The molecule has 5 rings (SSSR count). The van der Waals surface area contributed by atoms with E-state index in [-0.39, 0.29) is 24.1 Å². The smallest absolute Gasteiger partial charge is 0.377 e. The molecule has 0 radical (unpaired) electrons. The summed E-state index contributed by atoms with van der Waals surface area (Å²) in [6.45, 7) is 4.37. The molecular weight excluding hydrogens is 563 g/mol. The van der Waals surface area contributed by atoms with Crippen molar-refractivity contribution < 1.29 is 22.7 Å². The number of morpholine rings is 1. The van der Waals surface area contributed by atoms with Crippen LogP contribution in [0.2, 0.25) is 5.02 Å². The van der Waals surface area contributed by atoms with E-state index in [9.17, 15) is 22.8 Å². The van der Waals surface area contributed by atoms with Crippen molar-refractivity contribution in [3.63, 3.8) is 0 Å². The summed E-state index contributed by atoms with van der Waals surface area (Å²) in [5.74, 6) is 0.0711.